The molecule has 3 rings (SSSR count). The Balaban J connectivity index is 1.87. The van der Waals surface area contributed by atoms with Gasteiger partial charge in [-0.05, 0) is 42.5 Å². The molecule has 0 atom stereocenters. The van der Waals surface area contributed by atoms with E-state index in [0.29, 0.717) is 16.3 Å². The number of nitro benzene ring substituents is 1. The lowest BCUT2D eigenvalue weighted by Crippen LogP contribution is -2.20. The normalized spacial score (nSPS) is 10.6. The summed E-state index contributed by atoms with van der Waals surface area (Å²) < 4.78 is 6.51. The van der Waals surface area contributed by atoms with E-state index in [4.69, 9.17) is 16.3 Å². The van der Waals surface area contributed by atoms with Crippen LogP contribution in [0.5, 0.6) is 11.5 Å². The molecule has 1 amide bonds. The SMILES string of the molecule is Cc1cc(Cl)ccc1Oc1cc(NC(=O)Cn2nc([N+](=O)[O-])c([N+](=O)[O-])c2C)cc([N+](=O)[O-])c1. The van der Waals surface area contributed by atoms with Crippen LogP contribution in [0.3, 0.4) is 0 Å². The smallest absolute Gasteiger partial charge is 0.457 e. The molecule has 0 unspecified atom stereocenters. The van der Waals surface area contributed by atoms with Crippen molar-refractivity contribution in [3.63, 3.8) is 0 Å². The van der Waals surface area contributed by atoms with E-state index in [1.807, 2.05) is 0 Å². The van der Waals surface area contributed by atoms with Crippen molar-refractivity contribution in [1.29, 1.82) is 0 Å². The Bertz CT molecular complexity index is 1340. The predicted molar refractivity (Wildman–Crippen MR) is 118 cm³/mol. The second kappa shape index (κ2) is 9.50. The van der Waals surface area contributed by atoms with Gasteiger partial charge in [0.05, 0.1) is 26.7 Å². The van der Waals surface area contributed by atoms with Crippen molar-refractivity contribution in [2.45, 2.75) is 20.4 Å². The van der Waals surface area contributed by atoms with Crippen LogP contribution in [-0.2, 0) is 11.3 Å². The zero-order valence-corrected chi connectivity index (χ0v) is 18.3. The molecule has 0 saturated carbocycles. The first-order chi connectivity index (χ1) is 16.0. The highest BCUT2D eigenvalue weighted by atomic mass is 35.5. The molecule has 0 saturated heterocycles. The van der Waals surface area contributed by atoms with Gasteiger partial charge in [0.2, 0.25) is 5.91 Å². The van der Waals surface area contributed by atoms with Gasteiger partial charge in [-0.2, -0.15) is 4.68 Å². The third kappa shape index (κ3) is 5.24. The number of nitrogens with one attached hydrogen (secondary N) is 1. The van der Waals surface area contributed by atoms with E-state index < -0.39 is 38.7 Å². The third-order valence-electron chi connectivity index (χ3n) is 4.56. The first-order valence-corrected chi connectivity index (χ1v) is 9.73. The Labute approximate surface area is 195 Å². The molecule has 15 heteroatoms. The van der Waals surface area contributed by atoms with E-state index >= 15 is 0 Å². The van der Waals surface area contributed by atoms with Gasteiger partial charge >= 0.3 is 11.5 Å². The maximum absolute atomic E-state index is 12.5. The number of amides is 1. The van der Waals surface area contributed by atoms with E-state index in [1.165, 1.54) is 13.0 Å². The number of carbonyl (C=O) groups is 1. The molecule has 0 aliphatic carbocycles. The Kier molecular flexibility index (Phi) is 6.72. The summed E-state index contributed by atoms with van der Waals surface area (Å²) in [6.45, 7) is 2.32. The summed E-state index contributed by atoms with van der Waals surface area (Å²) >= 11 is 5.92. The van der Waals surface area contributed by atoms with Gasteiger partial charge in [0.1, 0.15) is 23.7 Å². The number of hydrogen-bond donors (Lipinski definition) is 1. The second-order valence-electron chi connectivity index (χ2n) is 6.96. The molecule has 2 aromatic carbocycles. The quantitative estimate of drug-likeness (QED) is 0.354. The van der Waals surface area contributed by atoms with Gasteiger partial charge in [0.25, 0.3) is 5.69 Å². The number of aryl methyl sites for hydroxylation is 1. The number of aromatic nitrogens is 2. The van der Waals surface area contributed by atoms with Gasteiger partial charge in [-0.15, -0.1) is 0 Å². The monoisotopic (exact) mass is 490 g/mol. The minimum atomic E-state index is -1.03. The summed E-state index contributed by atoms with van der Waals surface area (Å²) in [6.07, 6.45) is 0. The van der Waals surface area contributed by atoms with Crippen molar-refractivity contribution in [3.8, 4) is 11.5 Å². The molecule has 1 aromatic heterocycles. The summed E-state index contributed by atoms with van der Waals surface area (Å²) in [6, 6.07) is 8.37. The molecule has 176 valence electrons. The van der Waals surface area contributed by atoms with Crippen LogP contribution < -0.4 is 10.1 Å². The molecule has 3 aromatic rings. The van der Waals surface area contributed by atoms with Crippen LogP contribution in [0.25, 0.3) is 0 Å². The molecule has 0 fully saturated rings. The highest BCUT2D eigenvalue weighted by Crippen LogP contribution is 2.33. The third-order valence-corrected chi connectivity index (χ3v) is 4.79. The molecule has 1 N–H and O–H groups in total. The first-order valence-electron chi connectivity index (χ1n) is 9.35. The standard InChI is InChI=1S/C19H15ClN6O8/c1-10-5-12(20)3-4-16(10)34-15-7-13(6-14(8-15)24(28)29)21-17(27)9-23-11(2)18(25(30)31)19(22-23)26(32)33/h3-8H,9H2,1-2H3,(H,21,27). The molecular formula is C19H15ClN6O8. The minimum absolute atomic E-state index is 0.00498. The van der Waals surface area contributed by atoms with Crippen molar-refractivity contribution in [2.75, 3.05) is 5.32 Å². The minimum Gasteiger partial charge on any atom is -0.457 e. The highest BCUT2D eigenvalue weighted by Gasteiger charge is 2.35. The zero-order valence-electron chi connectivity index (χ0n) is 17.6. The predicted octanol–water partition coefficient (Wildman–Crippen LogP) is 4.31. The molecule has 14 nitrogen and oxygen atoms in total. The molecule has 0 bridgehead atoms. The molecule has 0 aliphatic heterocycles. The van der Waals surface area contributed by atoms with Crippen molar-refractivity contribution < 1.29 is 24.3 Å². The fourth-order valence-electron chi connectivity index (χ4n) is 3.02. The average Bonchev–Trinajstić information content (AvgIpc) is 3.06. The van der Waals surface area contributed by atoms with E-state index in [1.54, 1.807) is 25.1 Å². The van der Waals surface area contributed by atoms with Gasteiger partial charge in [0.15, 0.2) is 0 Å². The number of nitrogens with zero attached hydrogens (tertiary/aromatic N) is 5. The number of halogens is 1. The lowest BCUT2D eigenvalue weighted by atomic mass is 10.2. The van der Waals surface area contributed by atoms with Crippen LogP contribution in [0, 0.1) is 44.2 Å². The molecule has 34 heavy (non-hydrogen) atoms. The number of rotatable bonds is 8. The van der Waals surface area contributed by atoms with E-state index in [9.17, 15) is 35.1 Å². The Hall–Kier alpha value is -4.59. The number of ether oxygens (including phenoxy) is 1. The van der Waals surface area contributed by atoms with Crippen LogP contribution in [0.4, 0.5) is 22.9 Å². The summed E-state index contributed by atoms with van der Waals surface area (Å²) in [7, 11) is 0. The number of anilines is 1. The Morgan fingerprint density at radius 3 is 2.32 bits per heavy atom. The maximum Gasteiger partial charge on any atom is 0.468 e. The Morgan fingerprint density at radius 1 is 1.06 bits per heavy atom. The van der Waals surface area contributed by atoms with Crippen LogP contribution in [0.2, 0.25) is 5.02 Å². The molecule has 0 radical (unpaired) electrons. The molecule has 1 heterocycles. The topological polar surface area (TPSA) is 186 Å². The van der Waals surface area contributed by atoms with Crippen molar-refractivity contribution >= 4 is 40.4 Å². The van der Waals surface area contributed by atoms with Crippen LogP contribution in [-0.4, -0.2) is 30.5 Å². The fraction of sp³-hybridized carbons (Fsp3) is 0.158. The lowest BCUT2D eigenvalue weighted by molar-refractivity contribution is -0.424. The van der Waals surface area contributed by atoms with Crippen LogP contribution >= 0.6 is 11.6 Å². The maximum atomic E-state index is 12.5. The largest absolute Gasteiger partial charge is 0.468 e. The number of benzene rings is 2. The van der Waals surface area contributed by atoms with E-state index in [0.717, 1.165) is 16.8 Å². The first kappa shape index (κ1) is 24.1. The van der Waals surface area contributed by atoms with Crippen molar-refractivity contribution in [3.05, 3.63) is 83.0 Å². The summed E-state index contributed by atoms with van der Waals surface area (Å²) in [5, 5.41) is 39.9. The number of nitro groups is 3. The highest BCUT2D eigenvalue weighted by molar-refractivity contribution is 6.30. The van der Waals surface area contributed by atoms with Gasteiger partial charge < -0.3 is 20.2 Å². The van der Waals surface area contributed by atoms with Gasteiger partial charge in [0, 0.05) is 17.2 Å². The number of carbonyl (C=O) groups excluding carboxylic acids is 1. The van der Waals surface area contributed by atoms with Crippen molar-refractivity contribution in [1.82, 2.24) is 9.78 Å². The molecular weight excluding hydrogens is 476 g/mol. The van der Waals surface area contributed by atoms with Crippen LogP contribution in [0.1, 0.15) is 11.3 Å². The number of non-ortho nitro benzene ring substituents is 1. The van der Waals surface area contributed by atoms with Gasteiger partial charge in [-0.25, -0.2) is 0 Å². The van der Waals surface area contributed by atoms with Crippen molar-refractivity contribution in [2.24, 2.45) is 0 Å². The Morgan fingerprint density at radius 2 is 1.76 bits per heavy atom. The van der Waals surface area contributed by atoms with E-state index in [2.05, 4.69) is 10.4 Å². The fourth-order valence-corrected chi connectivity index (χ4v) is 3.25. The zero-order chi connectivity index (χ0) is 25.2. The summed E-state index contributed by atoms with van der Waals surface area (Å²) in [5.74, 6) is -1.35. The molecule has 0 aliphatic rings. The van der Waals surface area contributed by atoms with Gasteiger partial charge in [-0.3, -0.25) is 25.0 Å². The second-order valence-corrected chi connectivity index (χ2v) is 7.40. The lowest BCUT2D eigenvalue weighted by Gasteiger charge is -2.11. The van der Waals surface area contributed by atoms with Crippen LogP contribution in [0.15, 0.2) is 36.4 Å². The average molecular weight is 491 g/mol. The van der Waals surface area contributed by atoms with Gasteiger partial charge in [-0.1, -0.05) is 11.6 Å². The van der Waals surface area contributed by atoms with E-state index in [-0.39, 0.29) is 22.8 Å². The summed E-state index contributed by atoms with van der Waals surface area (Å²) in [4.78, 5) is 43.3. The number of hydrogen-bond acceptors (Lipinski definition) is 9. The summed E-state index contributed by atoms with van der Waals surface area (Å²) in [5.41, 5.74) is -0.743. The molecule has 0 spiro atoms.